The minimum atomic E-state index is -0.300. The second kappa shape index (κ2) is 11.4. The Morgan fingerprint density at radius 1 is 1.12 bits per heavy atom. The number of carbonyl (C=O) groups excluding carboxylic acids is 1. The van der Waals surface area contributed by atoms with Crippen LogP contribution in [0, 0.1) is 6.92 Å². The van der Waals surface area contributed by atoms with Gasteiger partial charge in [-0.05, 0) is 56.2 Å². The van der Waals surface area contributed by atoms with Crippen LogP contribution in [0.4, 0.5) is 23.0 Å². The Bertz CT molecular complexity index is 1710. The highest BCUT2D eigenvalue weighted by Crippen LogP contribution is 2.39. The molecule has 0 bridgehead atoms. The predicted molar refractivity (Wildman–Crippen MR) is 166 cm³/mol. The molecule has 0 saturated heterocycles. The van der Waals surface area contributed by atoms with E-state index in [0.717, 1.165) is 40.3 Å². The van der Waals surface area contributed by atoms with Crippen LogP contribution >= 0.6 is 11.3 Å². The number of benzene rings is 2. The molecule has 3 aromatic heterocycles. The number of nitrogens with zero attached hydrogens (tertiary/aromatic N) is 5. The number of nitrogens with one attached hydrogen (secondary N) is 2. The zero-order valence-corrected chi connectivity index (χ0v) is 24.2. The number of aromatic nitrogens is 3. The number of ether oxygens (including phenoxy) is 1. The molecule has 206 valence electrons. The molecule has 0 radical (unpaired) electrons. The van der Waals surface area contributed by atoms with Crippen molar-refractivity contribution in [3.05, 3.63) is 72.3 Å². The third kappa shape index (κ3) is 5.36. The van der Waals surface area contributed by atoms with E-state index >= 15 is 0 Å². The highest BCUT2D eigenvalue weighted by atomic mass is 32.1. The molecule has 3 heterocycles. The number of thiophene rings is 1. The van der Waals surface area contributed by atoms with Crippen LogP contribution in [0.25, 0.3) is 26.9 Å². The highest BCUT2D eigenvalue weighted by molar-refractivity contribution is 7.17. The van der Waals surface area contributed by atoms with Crippen LogP contribution in [0.2, 0.25) is 0 Å². The number of aryl methyl sites for hydroxylation is 1. The molecule has 5 rings (SSSR count). The molecule has 9 nitrogen and oxygen atoms in total. The van der Waals surface area contributed by atoms with Crippen molar-refractivity contribution in [1.82, 2.24) is 19.4 Å². The topological polar surface area (TPSA) is 87.5 Å². The summed E-state index contributed by atoms with van der Waals surface area (Å²) in [5, 5.41) is 9.50. The number of para-hydroxylation sites is 1. The molecule has 5 aromatic rings. The summed E-state index contributed by atoms with van der Waals surface area (Å²) in [5.41, 5.74) is 5.16. The fraction of sp³-hybridized carbons (Fsp3) is 0.233. The number of hydrogen-bond acceptors (Lipinski definition) is 8. The van der Waals surface area contributed by atoms with Gasteiger partial charge in [0, 0.05) is 37.8 Å². The smallest absolute Gasteiger partial charge is 0.247 e. The summed E-state index contributed by atoms with van der Waals surface area (Å²) in [6.07, 6.45) is 3.36. The van der Waals surface area contributed by atoms with Crippen LogP contribution in [-0.2, 0) is 4.79 Å². The third-order valence-electron chi connectivity index (χ3n) is 6.73. The summed E-state index contributed by atoms with van der Waals surface area (Å²) >= 11 is 1.61. The standard InChI is InChI=1S/C30H33N7O2S/c1-7-27(38)31-22-16-23(26(39-6)17-25(22)36(5)14-13-35(3)4)33-30-32-21-12-15-40-28(21)29(34-30)37-18-19(2)20-10-8-9-11-24(20)37/h7-12,15-18H,1,13-14H2,2-6H3,(H,31,38)(H,32,33,34). The summed E-state index contributed by atoms with van der Waals surface area (Å²) in [6, 6.07) is 14.0. The van der Waals surface area contributed by atoms with Gasteiger partial charge in [0.05, 0.1) is 39.9 Å². The summed E-state index contributed by atoms with van der Waals surface area (Å²) in [5.74, 6) is 1.52. The molecule has 0 unspecified atom stereocenters. The van der Waals surface area contributed by atoms with Gasteiger partial charge in [0.25, 0.3) is 0 Å². The van der Waals surface area contributed by atoms with Crippen molar-refractivity contribution in [1.29, 1.82) is 0 Å². The SMILES string of the molecule is C=CC(=O)Nc1cc(Nc2nc(-n3cc(C)c4ccccc43)c3sccc3n2)c(OC)cc1N(C)CCN(C)C. The number of anilines is 4. The molecule has 0 atom stereocenters. The predicted octanol–water partition coefficient (Wildman–Crippen LogP) is 5.82. The van der Waals surface area contributed by atoms with Crippen LogP contribution in [-0.4, -0.2) is 66.7 Å². The lowest BCUT2D eigenvalue weighted by molar-refractivity contribution is -0.111. The van der Waals surface area contributed by atoms with E-state index in [1.807, 2.05) is 56.9 Å². The Hall–Kier alpha value is -4.41. The van der Waals surface area contributed by atoms with Crippen molar-refractivity contribution in [2.45, 2.75) is 6.92 Å². The summed E-state index contributed by atoms with van der Waals surface area (Å²) in [7, 11) is 7.66. The van der Waals surface area contributed by atoms with E-state index in [1.165, 1.54) is 17.0 Å². The van der Waals surface area contributed by atoms with Crippen molar-refractivity contribution < 1.29 is 9.53 Å². The molecule has 0 aliphatic rings. The van der Waals surface area contributed by atoms with Crippen molar-refractivity contribution in [3.63, 3.8) is 0 Å². The van der Waals surface area contributed by atoms with Gasteiger partial charge in [0.15, 0.2) is 5.82 Å². The van der Waals surface area contributed by atoms with Crippen LogP contribution in [0.3, 0.4) is 0 Å². The van der Waals surface area contributed by atoms with Gasteiger partial charge >= 0.3 is 0 Å². The maximum atomic E-state index is 12.3. The molecule has 40 heavy (non-hydrogen) atoms. The van der Waals surface area contributed by atoms with E-state index in [1.54, 1.807) is 18.4 Å². The van der Waals surface area contributed by atoms with Crippen molar-refractivity contribution in [2.24, 2.45) is 0 Å². The van der Waals surface area contributed by atoms with Gasteiger partial charge in [-0.25, -0.2) is 4.98 Å². The quantitative estimate of drug-likeness (QED) is 0.210. The monoisotopic (exact) mass is 555 g/mol. The minimum Gasteiger partial charge on any atom is -0.494 e. The van der Waals surface area contributed by atoms with Gasteiger partial charge in [0.1, 0.15) is 5.75 Å². The molecular formula is C30H33N7O2S. The maximum absolute atomic E-state index is 12.3. The van der Waals surface area contributed by atoms with Crippen LogP contribution in [0.15, 0.2) is 66.7 Å². The lowest BCUT2D eigenvalue weighted by Crippen LogP contribution is -2.29. The van der Waals surface area contributed by atoms with Gasteiger partial charge in [0.2, 0.25) is 11.9 Å². The van der Waals surface area contributed by atoms with Gasteiger partial charge in [-0.3, -0.25) is 9.36 Å². The van der Waals surface area contributed by atoms with Crippen LogP contribution < -0.4 is 20.3 Å². The Balaban J connectivity index is 1.59. The third-order valence-corrected chi connectivity index (χ3v) is 7.63. The molecule has 0 aliphatic carbocycles. The number of likely N-dealkylation sites (N-methyl/N-ethyl adjacent to an activating group) is 2. The fourth-order valence-corrected chi connectivity index (χ4v) is 5.44. The number of hydrogen-bond donors (Lipinski definition) is 2. The number of amides is 1. The van der Waals surface area contributed by atoms with E-state index in [4.69, 9.17) is 14.7 Å². The second-order valence-electron chi connectivity index (χ2n) is 9.82. The zero-order valence-electron chi connectivity index (χ0n) is 23.4. The Morgan fingerprint density at radius 3 is 2.67 bits per heavy atom. The van der Waals surface area contributed by atoms with E-state index in [0.29, 0.717) is 23.1 Å². The van der Waals surface area contributed by atoms with Crippen molar-refractivity contribution in [3.8, 4) is 11.6 Å². The van der Waals surface area contributed by atoms with E-state index in [2.05, 4.69) is 56.8 Å². The number of rotatable bonds is 10. The second-order valence-corrected chi connectivity index (χ2v) is 10.7. The van der Waals surface area contributed by atoms with Gasteiger partial charge in [-0.1, -0.05) is 24.8 Å². The maximum Gasteiger partial charge on any atom is 0.247 e. The molecule has 2 N–H and O–H groups in total. The Kier molecular flexibility index (Phi) is 7.72. The summed E-state index contributed by atoms with van der Waals surface area (Å²) in [4.78, 5) is 26.3. The summed E-state index contributed by atoms with van der Waals surface area (Å²) < 4.78 is 8.89. The number of fused-ring (bicyclic) bond motifs is 2. The lowest BCUT2D eigenvalue weighted by Gasteiger charge is -2.26. The molecule has 0 saturated carbocycles. The van der Waals surface area contributed by atoms with E-state index in [-0.39, 0.29) is 5.91 Å². The first-order valence-electron chi connectivity index (χ1n) is 12.9. The first-order chi connectivity index (χ1) is 19.3. The largest absolute Gasteiger partial charge is 0.494 e. The Labute approximate surface area is 237 Å². The van der Waals surface area contributed by atoms with Crippen LogP contribution in [0.1, 0.15) is 5.56 Å². The molecule has 2 aromatic carbocycles. The van der Waals surface area contributed by atoms with Crippen molar-refractivity contribution in [2.75, 3.05) is 56.9 Å². The van der Waals surface area contributed by atoms with Gasteiger partial charge < -0.3 is 25.2 Å². The molecule has 0 fully saturated rings. The minimum absolute atomic E-state index is 0.300. The lowest BCUT2D eigenvalue weighted by atomic mass is 10.2. The fourth-order valence-electron chi connectivity index (χ4n) is 4.62. The Morgan fingerprint density at radius 2 is 1.93 bits per heavy atom. The first kappa shape index (κ1) is 27.2. The van der Waals surface area contributed by atoms with Crippen molar-refractivity contribution >= 4 is 61.4 Å². The average Bonchev–Trinajstić information content (AvgIpc) is 3.56. The molecular weight excluding hydrogens is 522 g/mol. The molecule has 0 aliphatic heterocycles. The molecule has 0 spiro atoms. The molecule has 1 amide bonds. The van der Waals surface area contributed by atoms with E-state index < -0.39 is 0 Å². The van der Waals surface area contributed by atoms with Gasteiger partial charge in [-0.2, -0.15) is 4.98 Å². The van der Waals surface area contributed by atoms with Crippen LogP contribution in [0.5, 0.6) is 5.75 Å². The summed E-state index contributed by atoms with van der Waals surface area (Å²) in [6.45, 7) is 7.31. The number of methoxy groups -OCH3 is 1. The molecule has 10 heteroatoms. The number of carbonyl (C=O) groups is 1. The van der Waals surface area contributed by atoms with E-state index in [9.17, 15) is 4.79 Å². The zero-order chi connectivity index (χ0) is 28.4. The normalized spacial score (nSPS) is 11.2. The average molecular weight is 556 g/mol. The van der Waals surface area contributed by atoms with Gasteiger partial charge in [-0.15, -0.1) is 11.3 Å². The highest BCUT2D eigenvalue weighted by Gasteiger charge is 2.19. The first-order valence-corrected chi connectivity index (χ1v) is 13.8.